The molecule has 4 nitrogen and oxygen atoms in total. The Bertz CT molecular complexity index is 570. The monoisotopic (exact) mass is 296 g/mol. The van der Waals surface area contributed by atoms with Crippen molar-refractivity contribution in [1.29, 1.82) is 0 Å². The van der Waals surface area contributed by atoms with E-state index < -0.39 is 0 Å². The first kappa shape index (κ1) is 15.4. The number of unbranched alkanes of at least 4 members (excludes halogenated alkanes) is 1. The van der Waals surface area contributed by atoms with E-state index in [0.717, 1.165) is 35.5 Å². The van der Waals surface area contributed by atoms with Gasteiger partial charge < -0.3 is 4.57 Å². The summed E-state index contributed by atoms with van der Waals surface area (Å²) in [6.45, 7) is 6.63. The van der Waals surface area contributed by atoms with Crippen LogP contribution in [0.3, 0.4) is 0 Å². The van der Waals surface area contributed by atoms with E-state index in [1.54, 1.807) is 0 Å². The zero-order chi connectivity index (χ0) is 14.7. The molecule has 0 spiro atoms. The zero-order valence-electron chi connectivity index (χ0n) is 13.0. The molecule has 0 bridgehead atoms. The molecule has 2 aromatic heterocycles. The molecule has 0 radical (unpaired) electrons. The molecule has 2 heterocycles. The summed E-state index contributed by atoms with van der Waals surface area (Å²) < 4.78 is 4.32. The molecule has 0 aromatic carbocycles. The maximum absolute atomic E-state index is 5.95. The predicted molar refractivity (Wildman–Crippen MR) is 84.5 cm³/mol. The standard InChI is InChI=1S/C15H25ClN4/c1-5-7-8-11(3)20-13(9-10-16)17-14-12(6-2)18-19(4)15(14)20/h11H,5-10H2,1-4H3. The molecule has 1 atom stereocenters. The van der Waals surface area contributed by atoms with Crippen molar-refractivity contribution in [2.45, 2.75) is 58.9 Å². The molecule has 2 rings (SSSR count). The molecule has 112 valence electrons. The fourth-order valence-corrected chi connectivity index (χ4v) is 3.01. The van der Waals surface area contributed by atoms with E-state index in [0.29, 0.717) is 11.9 Å². The summed E-state index contributed by atoms with van der Waals surface area (Å²) in [5.74, 6) is 1.71. The topological polar surface area (TPSA) is 35.6 Å². The highest BCUT2D eigenvalue weighted by molar-refractivity contribution is 6.17. The minimum Gasteiger partial charge on any atom is -0.310 e. The summed E-state index contributed by atoms with van der Waals surface area (Å²) in [4.78, 5) is 4.82. The molecular weight excluding hydrogens is 272 g/mol. The first-order valence-electron chi connectivity index (χ1n) is 7.62. The molecule has 0 saturated heterocycles. The first-order valence-corrected chi connectivity index (χ1v) is 8.16. The number of halogens is 1. The highest BCUT2D eigenvalue weighted by atomic mass is 35.5. The molecule has 0 aliphatic carbocycles. The van der Waals surface area contributed by atoms with Crippen LogP contribution in [0.4, 0.5) is 0 Å². The average molecular weight is 297 g/mol. The number of aromatic nitrogens is 4. The van der Waals surface area contributed by atoms with E-state index in [1.165, 1.54) is 19.3 Å². The lowest BCUT2D eigenvalue weighted by Crippen LogP contribution is -2.12. The lowest BCUT2D eigenvalue weighted by atomic mass is 10.1. The Morgan fingerprint density at radius 2 is 2.05 bits per heavy atom. The van der Waals surface area contributed by atoms with Crippen LogP contribution >= 0.6 is 11.6 Å². The van der Waals surface area contributed by atoms with Crippen LogP contribution in [0.25, 0.3) is 11.2 Å². The van der Waals surface area contributed by atoms with Crippen molar-refractivity contribution < 1.29 is 0 Å². The van der Waals surface area contributed by atoms with E-state index in [1.807, 2.05) is 11.7 Å². The van der Waals surface area contributed by atoms with E-state index in [-0.39, 0.29) is 0 Å². The van der Waals surface area contributed by atoms with Crippen molar-refractivity contribution in [3.8, 4) is 0 Å². The second-order valence-corrected chi connectivity index (χ2v) is 5.80. The van der Waals surface area contributed by atoms with Gasteiger partial charge in [-0.1, -0.05) is 26.7 Å². The fourth-order valence-electron chi connectivity index (χ4n) is 2.84. The van der Waals surface area contributed by atoms with E-state index in [9.17, 15) is 0 Å². The summed E-state index contributed by atoms with van der Waals surface area (Å²) in [6, 6.07) is 0.443. The number of rotatable bonds is 7. The summed E-state index contributed by atoms with van der Waals surface area (Å²) in [5, 5.41) is 4.59. The van der Waals surface area contributed by atoms with Crippen LogP contribution < -0.4 is 0 Å². The van der Waals surface area contributed by atoms with Crippen LogP contribution in [0.1, 0.15) is 57.6 Å². The quantitative estimate of drug-likeness (QED) is 0.727. The van der Waals surface area contributed by atoms with Gasteiger partial charge in [0.05, 0.1) is 5.69 Å². The maximum Gasteiger partial charge on any atom is 0.158 e. The van der Waals surface area contributed by atoms with Crippen molar-refractivity contribution in [3.05, 3.63) is 11.5 Å². The molecule has 0 aliphatic rings. The Labute approximate surface area is 126 Å². The largest absolute Gasteiger partial charge is 0.310 e. The van der Waals surface area contributed by atoms with E-state index in [2.05, 4.69) is 30.4 Å². The predicted octanol–water partition coefficient (Wildman–Crippen LogP) is 3.86. The van der Waals surface area contributed by atoms with Gasteiger partial charge in [-0.3, -0.25) is 4.68 Å². The normalized spacial score (nSPS) is 13.2. The van der Waals surface area contributed by atoms with Crippen LogP contribution in [0, 0.1) is 0 Å². The number of alkyl halides is 1. The summed E-state index contributed by atoms with van der Waals surface area (Å²) in [6.07, 6.45) is 5.36. The molecule has 0 aliphatic heterocycles. The van der Waals surface area contributed by atoms with Gasteiger partial charge in [0, 0.05) is 25.4 Å². The number of aryl methyl sites for hydroxylation is 3. The van der Waals surface area contributed by atoms with E-state index in [4.69, 9.17) is 16.6 Å². The highest BCUT2D eigenvalue weighted by Gasteiger charge is 2.21. The second kappa shape index (κ2) is 6.61. The van der Waals surface area contributed by atoms with Gasteiger partial charge in [-0.25, -0.2) is 4.98 Å². The van der Waals surface area contributed by atoms with Crippen LogP contribution in [-0.2, 0) is 19.9 Å². The zero-order valence-corrected chi connectivity index (χ0v) is 13.7. The van der Waals surface area contributed by atoms with Crippen molar-refractivity contribution >= 4 is 22.8 Å². The average Bonchev–Trinajstić information content (AvgIpc) is 2.94. The third-order valence-electron chi connectivity index (χ3n) is 3.88. The molecule has 0 amide bonds. The molecule has 0 saturated carbocycles. The third-order valence-corrected chi connectivity index (χ3v) is 4.07. The van der Waals surface area contributed by atoms with E-state index >= 15 is 0 Å². The fraction of sp³-hybridized carbons (Fsp3) is 0.733. The smallest absolute Gasteiger partial charge is 0.158 e. The molecule has 20 heavy (non-hydrogen) atoms. The van der Waals surface area contributed by atoms with Gasteiger partial charge in [0.25, 0.3) is 0 Å². The second-order valence-electron chi connectivity index (χ2n) is 5.42. The Kier molecular flexibility index (Phi) is 5.08. The van der Waals surface area contributed by atoms with Crippen molar-refractivity contribution in [1.82, 2.24) is 19.3 Å². The summed E-state index contributed by atoms with van der Waals surface area (Å²) >= 11 is 5.95. The number of fused-ring (bicyclic) bond motifs is 1. The van der Waals surface area contributed by atoms with Gasteiger partial charge in [-0.2, -0.15) is 5.10 Å². The first-order chi connectivity index (χ1) is 9.63. The number of nitrogens with zero attached hydrogens (tertiary/aromatic N) is 4. The van der Waals surface area contributed by atoms with Gasteiger partial charge in [-0.05, 0) is 19.8 Å². The van der Waals surface area contributed by atoms with Crippen LogP contribution in [0.15, 0.2) is 0 Å². The highest BCUT2D eigenvalue weighted by Crippen LogP contribution is 2.26. The van der Waals surface area contributed by atoms with Crippen molar-refractivity contribution in [3.63, 3.8) is 0 Å². The minimum atomic E-state index is 0.443. The number of imidazole rings is 1. The van der Waals surface area contributed by atoms with Crippen molar-refractivity contribution in [2.75, 3.05) is 5.88 Å². The molecule has 0 N–H and O–H groups in total. The van der Waals surface area contributed by atoms with Gasteiger partial charge in [-0.15, -0.1) is 11.6 Å². The summed E-state index contributed by atoms with van der Waals surface area (Å²) in [5.41, 5.74) is 3.28. The van der Waals surface area contributed by atoms with Crippen LogP contribution in [0.5, 0.6) is 0 Å². The lowest BCUT2D eigenvalue weighted by molar-refractivity contribution is 0.473. The SMILES string of the molecule is CCCCC(C)n1c(CCCl)nc2c(CC)nn(C)c21. The van der Waals surface area contributed by atoms with Crippen LogP contribution in [0.2, 0.25) is 0 Å². The Hall–Kier alpha value is -1.03. The van der Waals surface area contributed by atoms with Gasteiger partial charge in [0.2, 0.25) is 0 Å². The minimum absolute atomic E-state index is 0.443. The van der Waals surface area contributed by atoms with Gasteiger partial charge >= 0.3 is 0 Å². The Morgan fingerprint density at radius 3 is 2.65 bits per heavy atom. The molecule has 2 aromatic rings. The molecule has 5 heteroatoms. The van der Waals surface area contributed by atoms with Gasteiger partial charge in [0.15, 0.2) is 5.65 Å². The Morgan fingerprint density at radius 1 is 1.30 bits per heavy atom. The summed E-state index contributed by atoms with van der Waals surface area (Å²) in [7, 11) is 2.01. The maximum atomic E-state index is 5.95. The van der Waals surface area contributed by atoms with Crippen LogP contribution in [-0.4, -0.2) is 25.2 Å². The number of hydrogen-bond acceptors (Lipinski definition) is 2. The number of hydrogen-bond donors (Lipinski definition) is 0. The molecular formula is C15H25ClN4. The Balaban J connectivity index is 2.52. The van der Waals surface area contributed by atoms with Gasteiger partial charge in [0.1, 0.15) is 11.3 Å². The third kappa shape index (κ3) is 2.71. The molecule has 0 fully saturated rings. The lowest BCUT2D eigenvalue weighted by Gasteiger charge is -2.17. The molecule has 1 unspecified atom stereocenters. The van der Waals surface area contributed by atoms with Crippen molar-refractivity contribution in [2.24, 2.45) is 7.05 Å².